The Bertz CT molecular complexity index is 1250. The second-order valence-electron chi connectivity index (χ2n) is 8.55. The van der Waals surface area contributed by atoms with Crippen molar-refractivity contribution in [3.05, 3.63) is 40.7 Å². The van der Waals surface area contributed by atoms with E-state index >= 15 is 0 Å². The Kier molecular flexibility index (Phi) is 5.22. The van der Waals surface area contributed by atoms with Gasteiger partial charge in [-0.05, 0) is 43.6 Å². The summed E-state index contributed by atoms with van der Waals surface area (Å²) in [6, 6.07) is 1.55. The Labute approximate surface area is 197 Å². The van der Waals surface area contributed by atoms with Crippen molar-refractivity contribution in [1.82, 2.24) is 20.2 Å². The average molecular weight is 492 g/mol. The number of carbonyl (C=O) groups is 1. The maximum atomic E-state index is 14.7. The molecule has 0 saturated heterocycles. The standard InChI is InChI=1S/C21H19ClFN5O4S/c1-10-3-11(14-12(23)4-24-5-13(14)31-2)15(16(22)25-10)17(29)26-18-27-28-19(33-18)32-9-20-6-21(30,7-20)8-20/h3-5,30H,6-9H2,1-2H3,(H,26,27,29). The van der Waals surface area contributed by atoms with Gasteiger partial charge in [-0.15, -0.1) is 5.10 Å². The van der Waals surface area contributed by atoms with Gasteiger partial charge in [0.25, 0.3) is 11.1 Å². The van der Waals surface area contributed by atoms with Crippen molar-refractivity contribution < 1.29 is 23.8 Å². The van der Waals surface area contributed by atoms with Crippen molar-refractivity contribution >= 4 is 34.0 Å². The number of nitrogens with zero attached hydrogens (tertiary/aromatic N) is 4. The van der Waals surface area contributed by atoms with Crippen LogP contribution in [0.4, 0.5) is 9.52 Å². The Balaban J connectivity index is 1.38. The van der Waals surface area contributed by atoms with E-state index in [1.807, 2.05) is 0 Å². The number of amides is 1. The second-order valence-corrected chi connectivity index (χ2v) is 9.84. The van der Waals surface area contributed by atoms with Gasteiger partial charge in [-0.1, -0.05) is 16.7 Å². The van der Waals surface area contributed by atoms with Gasteiger partial charge in [-0.25, -0.2) is 9.37 Å². The lowest BCUT2D eigenvalue weighted by Crippen LogP contribution is -2.69. The zero-order chi connectivity index (χ0) is 23.4. The predicted octanol–water partition coefficient (Wildman–Crippen LogP) is 3.65. The number of nitrogens with one attached hydrogen (secondary N) is 1. The highest BCUT2D eigenvalue weighted by Crippen LogP contribution is 2.67. The predicted molar refractivity (Wildman–Crippen MR) is 118 cm³/mol. The number of ether oxygens (including phenoxy) is 2. The summed E-state index contributed by atoms with van der Waals surface area (Å²) < 4.78 is 25.7. The third kappa shape index (κ3) is 3.90. The zero-order valence-corrected chi connectivity index (χ0v) is 19.3. The third-order valence-electron chi connectivity index (χ3n) is 5.93. The lowest BCUT2D eigenvalue weighted by molar-refractivity contribution is -0.269. The van der Waals surface area contributed by atoms with Crippen LogP contribution in [0.1, 0.15) is 35.3 Å². The van der Waals surface area contributed by atoms with Gasteiger partial charge in [0, 0.05) is 16.7 Å². The number of anilines is 1. The van der Waals surface area contributed by atoms with Gasteiger partial charge < -0.3 is 14.6 Å². The normalized spacial score (nSPS) is 22.8. The number of hydrogen-bond donors (Lipinski definition) is 2. The van der Waals surface area contributed by atoms with E-state index in [1.54, 1.807) is 13.0 Å². The fraction of sp³-hybridized carbons (Fsp3) is 0.381. The highest BCUT2D eigenvalue weighted by molar-refractivity contribution is 7.17. The molecule has 172 valence electrons. The van der Waals surface area contributed by atoms with Crippen molar-refractivity contribution in [3.63, 3.8) is 0 Å². The number of aryl methyl sites for hydroxylation is 1. The van der Waals surface area contributed by atoms with Gasteiger partial charge in [0.2, 0.25) is 5.13 Å². The molecule has 6 rings (SSSR count). The minimum atomic E-state index is -0.671. The number of aromatic nitrogens is 4. The van der Waals surface area contributed by atoms with Crippen LogP contribution in [-0.4, -0.2) is 50.5 Å². The molecule has 3 aliphatic carbocycles. The molecule has 3 heterocycles. The van der Waals surface area contributed by atoms with E-state index < -0.39 is 17.3 Å². The summed E-state index contributed by atoms with van der Waals surface area (Å²) in [5.41, 5.74) is 0.239. The fourth-order valence-corrected chi connectivity index (χ4v) is 5.58. The number of hydrogen-bond acceptors (Lipinski definition) is 9. The molecule has 0 aromatic carbocycles. The summed E-state index contributed by atoms with van der Waals surface area (Å²) in [6.45, 7) is 2.12. The smallest absolute Gasteiger partial charge is 0.295 e. The maximum absolute atomic E-state index is 14.7. The molecule has 1 amide bonds. The summed E-state index contributed by atoms with van der Waals surface area (Å²) in [6.07, 6.45) is 4.59. The van der Waals surface area contributed by atoms with E-state index in [2.05, 4.69) is 25.5 Å². The Morgan fingerprint density at radius 1 is 1.33 bits per heavy atom. The van der Waals surface area contributed by atoms with Crippen LogP contribution < -0.4 is 14.8 Å². The van der Waals surface area contributed by atoms with Crippen LogP contribution in [0.25, 0.3) is 11.1 Å². The molecule has 0 spiro atoms. The monoisotopic (exact) mass is 491 g/mol. The van der Waals surface area contributed by atoms with Gasteiger partial charge in [-0.3, -0.25) is 15.1 Å². The second kappa shape index (κ2) is 7.86. The number of pyridine rings is 2. The highest BCUT2D eigenvalue weighted by atomic mass is 35.5. The number of aliphatic hydroxyl groups is 1. The summed E-state index contributed by atoms with van der Waals surface area (Å²) in [7, 11) is 1.38. The van der Waals surface area contributed by atoms with Crippen LogP contribution in [0.3, 0.4) is 0 Å². The van der Waals surface area contributed by atoms with Crippen LogP contribution in [0.15, 0.2) is 18.5 Å². The largest absolute Gasteiger partial charge is 0.494 e. The van der Waals surface area contributed by atoms with E-state index in [-0.39, 0.29) is 38.1 Å². The van der Waals surface area contributed by atoms with Crippen molar-refractivity contribution in [1.29, 1.82) is 0 Å². The minimum absolute atomic E-state index is 0.0213. The van der Waals surface area contributed by atoms with Gasteiger partial charge in [0.15, 0.2) is 5.82 Å². The minimum Gasteiger partial charge on any atom is -0.494 e. The lowest BCUT2D eigenvalue weighted by Gasteiger charge is -2.67. The summed E-state index contributed by atoms with van der Waals surface area (Å²) in [4.78, 5) is 21.1. The first-order valence-corrected chi connectivity index (χ1v) is 11.3. The molecule has 2 N–H and O–H groups in total. The molecule has 9 nitrogen and oxygen atoms in total. The molecule has 0 radical (unpaired) electrons. The average Bonchev–Trinajstić information content (AvgIpc) is 3.15. The molecule has 2 bridgehead atoms. The molecule has 3 fully saturated rings. The lowest BCUT2D eigenvalue weighted by atomic mass is 9.41. The Morgan fingerprint density at radius 3 is 2.79 bits per heavy atom. The molecule has 3 aliphatic rings. The van der Waals surface area contributed by atoms with E-state index in [9.17, 15) is 14.3 Å². The Morgan fingerprint density at radius 2 is 2.09 bits per heavy atom. The van der Waals surface area contributed by atoms with Crippen molar-refractivity contribution in [2.24, 2.45) is 5.41 Å². The molecule has 0 unspecified atom stereocenters. The first-order valence-electron chi connectivity index (χ1n) is 10.1. The number of rotatable bonds is 7. The molecular weight excluding hydrogens is 473 g/mol. The first kappa shape index (κ1) is 21.9. The van der Waals surface area contributed by atoms with Gasteiger partial charge in [0.05, 0.1) is 42.8 Å². The summed E-state index contributed by atoms with van der Waals surface area (Å²) in [5.74, 6) is -1.16. The summed E-state index contributed by atoms with van der Waals surface area (Å²) in [5, 5.41) is 20.8. The SMILES string of the molecule is COc1cncc(F)c1-c1cc(C)nc(Cl)c1C(=O)Nc1nnc(OCC23CC(O)(C2)C3)s1. The topological polar surface area (TPSA) is 119 Å². The Hall–Kier alpha value is -2.89. The zero-order valence-electron chi connectivity index (χ0n) is 17.7. The number of carbonyl (C=O) groups excluding carboxylic acids is 1. The number of halogens is 2. The van der Waals surface area contributed by atoms with E-state index in [0.717, 1.165) is 36.8 Å². The van der Waals surface area contributed by atoms with Crippen LogP contribution in [0.5, 0.6) is 10.9 Å². The fourth-order valence-electron chi connectivity index (χ4n) is 4.67. The van der Waals surface area contributed by atoms with Crippen LogP contribution >= 0.6 is 22.9 Å². The molecule has 12 heteroatoms. The third-order valence-corrected chi connectivity index (χ3v) is 6.95. The molecule has 3 aromatic rings. The van der Waals surface area contributed by atoms with E-state index in [4.69, 9.17) is 21.1 Å². The maximum Gasteiger partial charge on any atom is 0.295 e. The van der Waals surface area contributed by atoms with Crippen molar-refractivity contribution in [2.45, 2.75) is 31.8 Å². The quantitative estimate of drug-likeness (QED) is 0.481. The van der Waals surface area contributed by atoms with Crippen LogP contribution in [0.2, 0.25) is 5.15 Å². The van der Waals surface area contributed by atoms with Crippen molar-refractivity contribution in [3.8, 4) is 22.1 Å². The number of methoxy groups -OCH3 is 1. The van der Waals surface area contributed by atoms with E-state index in [1.165, 1.54) is 13.3 Å². The van der Waals surface area contributed by atoms with Gasteiger partial charge in [0.1, 0.15) is 10.9 Å². The first-order chi connectivity index (χ1) is 15.7. The van der Waals surface area contributed by atoms with Gasteiger partial charge in [-0.2, -0.15) is 0 Å². The molecule has 3 aromatic heterocycles. The highest BCUT2D eigenvalue weighted by Gasteiger charge is 2.67. The molecule has 3 saturated carbocycles. The molecule has 0 aliphatic heterocycles. The molecular formula is C21H19ClFN5O4S. The summed E-state index contributed by atoms with van der Waals surface area (Å²) >= 11 is 7.37. The van der Waals surface area contributed by atoms with Gasteiger partial charge >= 0.3 is 0 Å². The van der Waals surface area contributed by atoms with E-state index in [0.29, 0.717) is 17.5 Å². The van der Waals surface area contributed by atoms with Crippen molar-refractivity contribution in [2.75, 3.05) is 19.0 Å². The molecule has 0 atom stereocenters. The van der Waals surface area contributed by atoms with Crippen LogP contribution in [0, 0.1) is 18.2 Å². The van der Waals surface area contributed by atoms with Crippen LogP contribution in [-0.2, 0) is 0 Å². The molecule has 33 heavy (non-hydrogen) atoms.